The highest BCUT2D eigenvalue weighted by Gasteiger charge is 2.38. The van der Waals surface area contributed by atoms with E-state index in [0.29, 0.717) is 0 Å². The molecule has 0 radical (unpaired) electrons. The molecule has 0 aliphatic rings. The second kappa shape index (κ2) is 6.08. The van der Waals surface area contributed by atoms with Crippen molar-refractivity contribution in [2.45, 2.75) is 32.2 Å². The van der Waals surface area contributed by atoms with Gasteiger partial charge in [0.15, 0.2) is 6.10 Å². The predicted octanol–water partition coefficient (Wildman–Crippen LogP) is 2.70. The summed E-state index contributed by atoms with van der Waals surface area (Å²) >= 11 is 0. The first kappa shape index (κ1) is 16.2. The molecule has 1 rings (SSSR count). The van der Waals surface area contributed by atoms with Gasteiger partial charge in [-0.1, -0.05) is 0 Å². The lowest BCUT2D eigenvalue weighted by molar-refractivity contribution is -0.223. The van der Waals surface area contributed by atoms with E-state index in [1.165, 1.54) is 13.0 Å². The van der Waals surface area contributed by atoms with Crippen LogP contribution in [0.5, 0.6) is 0 Å². The lowest BCUT2D eigenvalue weighted by Crippen LogP contribution is -2.37. The van der Waals surface area contributed by atoms with E-state index >= 15 is 0 Å². The first-order valence-electron chi connectivity index (χ1n) is 5.69. The van der Waals surface area contributed by atoms with Crippen molar-refractivity contribution in [2.75, 3.05) is 11.1 Å². The van der Waals surface area contributed by atoms with E-state index in [-0.39, 0.29) is 11.4 Å². The molecule has 1 amide bonds. The van der Waals surface area contributed by atoms with Crippen molar-refractivity contribution in [3.8, 4) is 0 Å². The number of nitrogens with two attached hydrogens (primary N) is 1. The molecule has 4 nitrogen and oxygen atoms in total. The molecule has 3 N–H and O–H groups in total. The van der Waals surface area contributed by atoms with Crippen molar-refractivity contribution in [3.05, 3.63) is 24.0 Å². The first-order chi connectivity index (χ1) is 9.11. The first-order valence-corrected chi connectivity index (χ1v) is 5.69. The minimum absolute atomic E-state index is 0.170. The summed E-state index contributed by atoms with van der Waals surface area (Å²) in [5, 5.41) is 2.29. The van der Waals surface area contributed by atoms with Gasteiger partial charge in [0.1, 0.15) is 11.9 Å². The molecule has 0 aliphatic carbocycles. The van der Waals surface area contributed by atoms with Crippen molar-refractivity contribution in [3.63, 3.8) is 0 Å². The molecule has 2 atom stereocenters. The highest BCUT2D eigenvalue weighted by atomic mass is 19.4. The van der Waals surface area contributed by atoms with Crippen LogP contribution >= 0.6 is 0 Å². The van der Waals surface area contributed by atoms with E-state index in [9.17, 15) is 22.4 Å². The molecular formula is C12H14F4N2O2. The Morgan fingerprint density at radius 2 is 1.95 bits per heavy atom. The number of benzene rings is 1. The average molecular weight is 294 g/mol. The number of carbonyl (C=O) groups excluding carboxylic acids is 1. The maximum atomic E-state index is 12.9. The average Bonchev–Trinajstić information content (AvgIpc) is 2.32. The topological polar surface area (TPSA) is 64.3 Å². The zero-order valence-electron chi connectivity index (χ0n) is 10.8. The molecule has 0 spiro atoms. The van der Waals surface area contributed by atoms with Gasteiger partial charge in [-0.15, -0.1) is 0 Å². The molecule has 8 heteroatoms. The van der Waals surface area contributed by atoms with Crippen molar-refractivity contribution >= 4 is 17.3 Å². The Morgan fingerprint density at radius 1 is 1.35 bits per heavy atom. The van der Waals surface area contributed by atoms with Crippen LogP contribution in [0.4, 0.5) is 28.9 Å². The van der Waals surface area contributed by atoms with E-state index in [1.54, 1.807) is 0 Å². The van der Waals surface area contributed by atoms with E-state index in [0.717, 1.165) is 19.1 Å². The summed E-state index contributed by atoms with van der Waals surface area (Å²) in [4.78, 5) is 11.6. The van der Waals surface area contributed by atoms with Crippen LogP contribution in [0.1, 0.15) is 13.8 Å². The number of rotatable bonds is 4. The van der Waals surface area contributed by atoms with Crippen LogP contribution in [-0.4, -0.2) is 24.3 Å². The Hall–Kier alpha value is -1.83. The van der Waals surface area contributed by atoms with Gasteiger partial charge in [0.25, 0.3) is 5.91 Å². The van der Waals surface area contributed by atoms with Crippen LogP contribution in [0.3, 0.4) is 0 Å². The van der Waals surface area contributed by atoms with Crippen LogP contribution in [0, 0.1) is 5.82 Å². The van der Waals surface area contributed by atoms with E-state index in [1.807, 2.05) is 0 Å². The second-order valence-electron chi connectivity index (χ2n) is 4.19. The lowest BCUT2D eigenvalue weighted by atomic mass is 10.2. The standard InChI is InChI=1S/C12H14F4N2O2/c1-6(20-7(2)12(14,15)16)11(19)18-8-3-4-9(13)10(17)5-8/h3-7H,17H2,1-2H3,(H,18,19). The van der Waals surface area contributed by atoms with Gasteiger partial charge in [0, 0.05) is 5.69 Å². The molecule has 2 unspecified atom stereocenters. The molecule has 0 aromatic heterocycles. The van der Waals surface area contributed by atoms with Crippen LogP contribution < -0.4 is 11.1 Å². The van der Waals surface area contributed by atoms with Gasteiger partial charge in [-0.25, -0.2) is 4.39 Å². The van der Waals surface area contributed by atoms with Crippen molar-refractivity contribution in [2.24, 2.45) is 0 Å². The van der Waals surface area contributed by atoms with Gasteiger partial charge in [0.05, 0.1) is 5.69 Å². The third-order valence-electron chi connectivity index (χ3n) is 2.50. The van der Waals surface area contributed by atoms with Crippen LogP contribution in [-0.2, 0) is 9.53 Å². The number of nitrogens with one attached hydrogen (secondary N) is 1. The summed E-state index contributed by atoms with van der Waals surface area (Å²) in [7, 11) is 0. The summed E-state index contributed by atoms with van der Waals surface area (Å²) in [5.74, 6) is -1.44. The molecule has 0 bridgehead atoms. The molecule has 20 heavy (non-hydrogen) atoms. The second-order valence-corrected chi connectivity index (χ2v) is 4.19. The molecule has 1 aromatic carbocycles. The Bertz CT molecular complexity index is 491. The monoisotopic (exact) mass is 294 g/mol. The maximum Gasteiger partial charge on any atom is 0.414 e. The normalized spacial score (nSPS) is 14.7. The highest BCUT2D eigenvalue weighted by molar-refractivity contribution is 5.94. The van der Waals surface area contributed by atoms with Crippen LogP contribution in [0.15, 0.2) is 18.2 Å². The largest absolute Gasteiger partial charge is 0.414 e. The number of alkyl halides is 3. The van der Waals surface area contributed by atoms with Crippen LogP contribution in [0.2, 0.25) is 0 Å². The van der Waals surface area contributed by atoms with Gasteiger partial charge in [-0.3, -0.25) is 4.79 Å². The molecule has 1 aromatic rings. The fourth-order valence-electron chi connectivity index (χ4n) is 1.31. The number of carbonyl (C=O) groups is 1. The quantitative estimate of drug-likeness (QED) is 0.663. The summed E-state index contributed by atoms with van der Waals surface area (Å²) in [6, 6.07) is 3.44. The Kier molecular flexibility index (Phi) is 4.93. The number of anilines is 2. The fourth-order valence-corrected chi connectivity index (χ4v) is 1.31. The van der Waals surface area contributed by atoms with Crippen molar-refractivity contribution in [1.29, 1.82) is 0 Å². The third-order valence-corrected chi connectivity index (χ3v) is 2.50. The third kappa shape index (κ3) is 4.37. The number of hydrogen-bond donors (Lipinski definition) is 2. The number of halogens is 4. The summed E-state index contributed by atoms with van der Waals surface area (Å²) < 4.78 is 54.3. The molecular weight excluding hydrogens is 280 g/mol. The number of hydrogen-bond acceptors (Lipinski definition) is 3. The summed E-state index contributed by atoms with van der Waals surface area (Å²) in [5.41, 5.74) is 5.29. The minimum Gasteiger partial charge on any atom is -0.396 e. The predicted molar refractivity (Wildman–Crippen MR) is 65.5 cm³/mol. The van der Waals surface area contributed by atoms with Gasteiger partial charge < -0.3 is 15.8 Å². The van der Waals surface area contributed by atoms with Crippen molar-refractivity contribution in [1.82, 2.24) is 0 Å². The molecule has 0 saturated carbocycles. The van der Waals surface area contributed by atoms with E-state index in [2.05, 4.69) is 10.1 Å². The molecule has 0 fully saturated rings. The maximum absolute atomic E-state index is 12.9. The number of nitrogen functional groups attached to an aromatic ring is 1. The fraction of sp³-hybridized carbons (Fsp3) is 0.417. The highest BCUT2D eigenvalue weighted by Crippen LogP contribution is 2.24. The van der Waals surface area contributed by atoms with Crippen LogP contribution in [0.25, 0.3) is 0 Å². The van der Waals surface area contributed by atoms with Gasteiger partial charge in [-0.2, -0.15) is 13.2 Å². The summed E-state index contributed by atoms with van der Waals surface area (Å²) in [6.45, 7) is 1.99. The Morgan fingerprint density at radius 3 is 2.45 bits per heavy atom. The van der Waals surface area contributed by atoms with Gasteiger partial charge >= 0.3 is 6.18 Å². The SMILES string of the molecule is CC(OC(C)C(F)(F)F)C(=O)Nc1ccc(F)c(N)c1. The number of amides is 1. The van der Waals surface area contributed by atoms with Gasteiger partial charge in [-0.05, 0) is 32.0 Å². The smallest absolute Gasteiger partial charge is 0.396 e. The number of ether oxygens (including phenoxy) is 1. The Labute approximate surface area is 112 Å². The lowest BCUT2D eigenvalue weighted by Gasteiger charge is -2.20. The molecule has 0 heterocycles. The van der Waals surface area contributed by atoms with Crippen molar-refractivity contribution < 1.29 is 27.1 Å². The molecule has 112 valence electrons. The molecule has 0 saturated heterocycles. The van der Waals surface area contributed by atoms with Gasteiger partial charge in [0.2, 0.25) is 0 Å². The Balaban J connectivity index is 2.64. The minimum atomic E-state index is -4.55. The van der Waals surface area contributed by atoms with E-state index < -0.39 is 30.1 Å². The summed E-state index contributed by atoms with van der Waals surface area (Å²) in [6.07, 6.45) is -7.94. The van der Waals surface area contributed by atoms with E-state index in [4.69, 9.17) is 5.73 Å². The zero-order valence-corrected chi connectivity index (χ0v) is 10.8. The zero-order chi connectivity index (χ0) is 15.5. The molecule has 0 aliphatic heterocycles.